The molecule has 7 nitrogen and oxygen atoms in total. The molecule has 3 aromatic rings. The third kappa shape index (κ3) is 5.45. The number of amides is 3. The highest BCUT2D eigenvalue weighted by molar-refractivity contribution is 6.08. The Kier molecular flexibility index (Phi) is 6.21. The molecule has 0 aliphatic heterocycles. The summed E-state index contributed by atoms with van der Waals surface area (Å²) in [6.45, 7) is 0.612. The minimum Gasteiger partial charge on any atom is -0.352 e. The summed E-state index contributed by atoms with van der Waals surface area (Å²) in [6.07, 6.45) is 5.27. The number of fused-ring (bicyclic) bond motifs is 1. The molecule has 1 fully saturated rings. The molecule has 0 unspecified atom stereocenters. The average molecular weight is 416 g/mol. The molecule has 1 aliphatic carbocycles. The molecular weight excluding hydrogens is 392 g/mol. The van der Waals surface area contributed by atoms with Crippen molar-refractivity contribution < 1.29 is 14.4 Å². The Bertz CT molecular complexity index is 1110. The van der Waals surface area contributed by atoms with E-state index in [0.29, 0.717) is 17.8 Å². The van der Waals surface area contributed by atoms with Crippen LogP contribution in [0.5, 0.6) is 0 Å². The highest BCUT2D eigenvalue weighted by Crippen LogP contribution is 2.31. The van der Waals surface area contributed by atoms with Crippen molar-refractivity contribution in [3.63, 3.8) is 0 Å². The van der Waals surface area contributed by atoms with E-state index in [1.165, 1.54) is 0 Å². The number of pyridine rings is 1. The summed E-state index contributed by atoms with van der Waals surface area (Å²) in [5.41, 5.74) is 1.85. The van der Waals surface area contributed by atoms with Gasteiger partial charge < -0.3 is 16.0 Å². The van der Waals surface area contributed by atoms with E-state index in [9.17, 15) is 14.4 Å². The number of carbonyl (C=O) groups is 3. The molecule has 1 heterocycles. The van der Waals surface area contributed by atoms with Gasteiger partial charge in [0.25, 0.3) is 5.91 Å². The molecule has 1 aromatic heterocycles. The van der Waals surface area contributed by atoms with Crippen molar-refractivity contribution in [1.82, 2.24) is 15.6 Å². The maximum atomic E-state index is 12.8. The second-order valence-electron chi connectivity index (χ2n) is 7.65. The zero-order valence-electron chi connectivity index (χ0n) is 17.1. The summed E-state index contributed by atoms with van der Waals surface area (Å²) >= 11 is 0. The van der Waals surface area contributed by atoms with Crippen LogP contribution in [0.15, 0.2) is 60.9 Å². The van der Waals surface area contributed by atoms with Gasteiger partial charge in [-0.3, -0.25) is 19.4 Å². The number of nitrogens with zero attached hydrogens (tertiary/aromatic N) is 1. The fourth-order valence-electron chi connectivity index (χ4n) is 3.29. The van der Waals surface area contributed by atoms with Gasteiger partial charge in [-0.05, 0) is 53.4 Å². The van der Waals surface area contributed by atoms with E-state index >= 15 is 0 Å². The van der Waals surface area contributed by atoms with Gasteiger partial charge in [0.15, 0.2) is 0 Å². The fourth-order valence-corrected chi connectivity index (χ4v) is 3.29. The molecule has 0 radical (unpaired) electrons. The van der Waals surface area contributed by atoms with Crippen molar-refractivity contribution in [3.8, 4) is 0 Å². The lowest BCUT2D eigenvalue weighted by Crippen LogP contribution is -2.31. The van der Waals surface area contributed by atoms with Gasteiger partial charge in [0.2, 0.25) is 11.8 Å². The van der Waals surface area contributed by atoms with Crippen LogP contribution in [-0.4, -0.2) is 29.3 Å². The van der Waals surface area contributed by atoms with Gasteiger partial charge in [0.1, 0.15) is 0 Å². The van der Waals surface area contributed by atoms with Gasteiger partial charge >= 0.3 is 0 Å². The molecule has 7 heteroatoms. The van der Waals surface area contributed by atoms with Gasteiger partial charge in [-0.25, -0.2) is 0 Å². The number of aromatic nitrogens is 1. The Hall–Kier alpha value is -3.74. The fraction of sp³-hybridized carbons (Fsp3) is 0.250. The van der Waals surface area contributed by atoms with E-state index < -0.39 is 0 Å². The molecule has 0 bridgehead atoms. The summed E-state index contributed by atoms with van der Waals surface area (Å²) in [4.78, 5) is 41.1. The second kappa shape index (κ2) is 9.38. The van der Waals surface area contributed by atoms with Crippen LogP contribution in [0.2, 0.25) is 0 Å². The number of carbonyl (C=O) groups excluding carboxylic acids is 3. The van der Waals surface area contributed by atoms with Crippen LogP contribution in [0.25, 0.3) is 10.8 Å². The Morgan fingerprint density at radius 3 is 2.35 bits per heavy atom. The van der Waals surface area contributed by atoms with Gasteiger partial charge in [-0.1, -0.05) is 24.3 Å². The molecule has 158 valence electrons. The summed E-state index contributed by atoms with van der Waals surface area (Å²) < 4.78 is 0. The van der Waals surface area contributed by atoms with E-state index in [1.54, 1.807) is 18.5 Å². The monoisotopic (exact) mass is 416 g/mol. The van der Waals surface area contributed by atoms with Gasteiger partial charge in [0.05, 0.1) is 11.3 Å². The summed E-state index contributed by atoms with van der Waals surface area (Å²) in [6, 6.07) is 14.9. The normalized spacial score (nSPS) is 12.9. The molecule has 31 heavy (non-hydrogen) atoms. The zero-order valence-corrected chi connectivity index (χ0v) is 17.1. The maximum Gasteiger partial charge on any atom is 0.253 e. The largest absolute Gasteiger partial charge is 0.352 e. The Labute approximate surface area is 180 Å². The molecule has 1 aliphatic rings. The van der Waals surface area contributed by atoms with Gasteiger partial charge in [-0.15, -0.1) is 0 Å². The van der Waals surface area contributed by atoms with Crippen LogP contribution >= 0.6 is 0 Å². The lowest BCUT2D eigenvalue weighted by molar-refractivity contribution is -0.121. The molecule has 0 saturated heterocycles. The van der Waals surface area contributed by atoms with Crippen molar-refractivity contribution >= 4 is 34.2 Å². The highest BCUT2D eigenvalue weighted by Gasteiger charge is 2.30. The smallest absolute Gasteiger partial charge is 0.253 e. The number of hydrogen-bond donors (Lipinski definition) is 3. The highest BCUT2D eigenvalue weighted by atomic mass is 16.2. The SMILES string of the molecule is O=C(CCNC(=O)c1cc2ccccc2cc1NC(=O)C1CC1)NCc1ccncc1. The van der Waals surface area contributed by atoms with Gasteiger partial charge in [0, 0.05) is 37.8 Å². The number of hydrogen-bond acceptors (Lipinski definition) is 4. The molecule has 3 amide bonds. The van der Waals surface area contributed by atoms with Crippen LogP contribution in [0, 0.1) is 5.92 Å². The predicted octanol–water partition coefficient (Wildman–Crippen LogP) is 3.02. The molecule has 0 atom stereocenters. The van der Waals surface area contributed by atoms with Crippen LogP contribution in [-0.2, 0) is 16.1 Å². The maximum absolute atomic E-state index is 12.8. The average Bonchev–Trinajstić information content (AvgIpc) is 3.63. The molecule has 4 rings (SSSR count). The van der Waals surface area contributed by atoms with Crippen molar-refractivity contribution in [3.05, 3.63) is 72.1 Å². The quantitative estimate of drug-likeness (QED) is 0.525. The zero-order chi connectivity index (χ0) is 21.6. The lowest BCUT2D eigenvalue weighted by Gasteiger charge is -2.13. The van der Waals surface area contributed by atoms with E-state index in [-0.39, 0.29) is 36.6 Å². The predicted molar refractivity (Wildman–Crippen MR) is 118 cm³/mol. The van der Waals surface area contributed by atoms with E-state index in [4.69, 9.17) is 0 Å². The Balaban J connectivity index is 1.38. The molecule has 3 N–H and O–H groups in total. The van der Waals surface area contributed by atoms with Gasteiger partial charge in [-0.2, -0.15) is 0 Å². The van der Waals surface area contributed by atoms with Crippen LogP contribution < -0.4 is 16.0 Å². The third-order valence-corrected chi connectivity index (χ3v) is 5.21. The van der Waals surface area contributed by atoms with Crippen molar-refractivity contribution in [2.24, 2.45) is 5.92 Å². The Morgan fingerprint density at radius 1 is 0.935 bits per heavy atom. The van der Waals surface area contributed by atoms with E-state index in [1.807, 2.05) is 42.5 Å². The minimum absolute atomic E-state index is 0.0338. The standard InChI is InChI=1S/C24H24N4O3/c29-22(27-15-16-7-10-25-11-8-16)9-12-26-24(31)20-13-18-3-1-2-4-19(18)14-21(20)28-23(30)17-5-6-17/h1-4,7-8,10-11,13-14,17H,5-6,9,12,15H2,(H,26,31)(H,27,29)(H,28,30). The topological polar surface area (TPSA) is 100 Å². The van der Waals surface area contributed by atoms with Crippen molar-refractivity contribution in [1.29, 1.82) is 0 Å². The molecule has 1 saturated carbocycles. The number of rotatable bonds is 8. The molecule has 2 aromatic carbocycles. The van der Waals surface area contributed by atoms with Crippen LogP contribution in [0.1, 0.15) is 35.2 Å². The molecule has 0 spiro atoms. The summed E-state index contributed by atoms with van der Waals surface area (Å²) in [7, 11) is 0. The second-order valence-corrected chi connectivity index (χ2v) is 7.65. The first kappa shape index (κ1) is 20.5. The van der Waals surface area contributed by atoms with Crippen molar-refractivity contribution in [2.45, 2.75) is 25.8 Å². The molecular formula is C24H24N4O3. The summed E-state index contributed by atoms with van der Waals surface area (Å²) in [5.74, 6) is -0.497. The number of nitrogens with one attached hydrogen (secondary N) is 3. The van der Waals surface area contributed by atoms with E-state index in [2.05, 4.69) is 20.9 Å². The first-order valence-electron chi connectivity index (χ1n) is 10.4. The summed E-state index contributed by atoms with van der Waals surface area (Å²) in [5, 5.41) is 10.4. The van der Waals surface area contributed by atoms with Crippen molar-refractivity contribution in [2.75, 3.05) is 11.9 Å². The van der Waals surface area contributed by atoms with E-state index in [0.717, 1.165) is 29.2 Å². The Morgan fingerprint density at radius 2 is 1.65 bits per heavy atom. The lowest BCUT2D eigenvalue weighted by atomic mass is 10.0. The minimum atomic E-state index is -0.321. The first-order valence-corrected chi connectivity index (χ1v) is 10.4. The first-order chi connectivity index (χ1) is 15.1. The van der Waals surface area contributed by atoms with Crippen LogP contribution in [0.4, 0.5) is 5.69 Å². The third-order valence-electron chi connectivity index (χ3n) is 5.21. The number of anilines is 1. The van der Waals surface area contributed by atoms with Crippen LogP contribution in [0.3, 0.4) is 0 Å². The number of benzene rings is 2.